The highest BCUT2D eigenvalue weighted by Gasteiger charge is 2.22. The maximum absolute atomic E-state index is 11.9. The number of halogens is 2. The molecule has 0 amide bonds. The molecule has 0 radical (unpaired) electrons. The Morgan fingerprint density at radius 2 is 1.88 bits per heavy atom. The van der Waals surface area contributed by atoms with E-state index in [1.54, 1.807) is 11.8 Å². The monoisotopic (exact) mass is 268 g/mol. The summed E-state index contributed by atoms with van der Waals surface area (Å²) in [5, 5.41) is -0.143. The van der Waals surface area contributed by atoms with Crippen LogP contribution in [0.15, 0.2) is 0 Å². The number of carbonyl (C=O) groups excluding carboxylic acids is 1. The lowest BCUT2D eigenvalue weighted by Gasteiger charge is -2.17. The summed E-state index contributed by atoms with van der Waals surface area (Å²) in [5.41, 5.74) is 0. The number of carbonyl (C=O) groups is 1. The predicted molar refractivity (Wildman–Crippen MR) is 67.6 cm³/mol. The fourth-order valence-corrected chi connectivity index (χ4v) is 2.68. The van der Waals surface area contributed by atoms with Crippen LogP contribution in [0.4, 0.5) is 8.78 Å². The summed E-state index contributed by atoms with van der Waals surface area (Å²) >= 11 is 1.56. The van der Waals surface area contributed by atoms with Crippen molar-refractivity contribution in [2.75, 3.05) is 12.9 Å². The highest BCUT2D eigenvalue weighted by molar-refractivity contribution is 8.00. The van der Waals surface area contributed by atoms with Crippen molar-refractivity contribution < 1.29 is 18.3 Å². The molecule has 2 nitrogen and oxygen atoms in total. The van der Waals surface area contributed by atoms with Gasteiger partial charge in [-0.15, -0.1) is 11.8 Å². The summed E-state index contributed by atoms with van der Waals surface area (Å²) in [7, 11) is 1.39. The van der Waals surface area contributed by atoms with Crippen LogP contribution >= 0.6 is 11.8 Å². The average molecular weight is 268 g/mol. The second-order valence-electron chi connectivity index (χ2n) is 4.30. The Hall–Kier alpha value is -0.320. The van der Waals surface area contributed by atoms with Gasteiger partial charge in [0.2, 0.25) is 6.43 Å². The van der Waals surface area contributed by atoms with E-state index in [9.17, 15) is 13.6 Å². The minimum atomic E-state index is -2.19. The Kier molecular flexibility index (Phi) is 9.50. The van der Waals surface area contributed by atoms with E-state index in [1.165, 1.54) is 7.11 Å². The Bertz CT molecular complexity index is 211. The molecule has 0 saturated heterocycles. The van der Waals surface area contributed by atoms with Crippen molar-refractivity contribution in [1.29, 1.82) is 0 Å². The van der Waals surface area contributed by atoms with Crippen LogP contribution in [0.2, 0.25) is 0 Å². The SMILES string of the molecule is COC(=O)C(SCCCCCC(F)F)C(C)C. The number of hydrogen-bond donors (Lipinski definition) is 0. The van der Waals surface area contributed by atoms with Crippen LogP contribution in [0.1, 0.15) is 39.5 Å². The van der Waals surface area contributed by atoms with Crippen LogP contribution in [0, 0.1) is 5.92 Å². The van der Waals surface area contributed by atoms with Crippen molar-refractivity contribution in [3.05, 3.63) is 0 Å². The molecular weight excluding hydrogens is 246 g/mol. The fraction of sp³-hybridized carbons (Fsp3) is 0.917. The van der Waals surface area contributed by atoms with E-state index in [0.29, 0.717) is 6.42 Å². The molecule has 1 unspecified atom stereocenters. The van der Waals surface area contributed by atoms with Crippen LogP contribution < -0.4 is 0 Å². The molecule has 0 aromatic heterocycles. The van der Waals surface area contributed by atoms with E-state index >= 15 is 0 Å². The van der Waals surface area contributed by atoms with Crippen LogP contribution in [-0.2, 0) is 9.53 Å². The molecule has 0 aromatic carbocycles. The predicted octanol–water partition coefficient (Wildman–Crippen LogP) is 3.74. The smallest absolute Gasteiger partial charge is 0.319 e. The van der Waals surface area contributed by atoms with Crippen LogP contribution in [0.3, 0.4) is 0 Å². The van der Waals surface area contributed by atoms with Gasteiger partial charge in [-0.05, 0) is 24.5 Å². The first-order valence-corrected chi connectivity index (χ1v) is 7.01. The molecule has 0 aromatic rings. The van der Waals surface area contributed by atoms with E-state index in [0.717, 1.165) is 18.6 Å². The molecule has 0 bridgehead atoms. The molecule has 0 heterocycles. The van der Waals surface area contributed by atoms with Crippen LogP contribution in [0.5, 0.6) is 0 Å². The summed E-state index contributed by atoms with van der Waals surface area (Å²) in [5.74, 6) is 0.854. The number of ether oxygens (including phenoxy) is 1. The van der Waals surface area contributed by atoms with Crippen LogP contribution in [-0.4, -0.2) is 30.5 Å². The second-order valence-corrected chi connectivity index (χ2v) is 5.55. The zero-order valence-corrected chi connectivity index (χ0v) is 11.6. The van der Waals surface area contributed by atoms with Gasteiger partial charge in [-0.3, -0.25) is 4.79 Å². The van der Waals surface area contributed by atoms with E-state index in [-0.39, 0.29) is 23.6 Å². The number of unbranched alkanes of at least 4 members (excludes halogenated alkanes) is 2. The summed E-state index contributed by atoms with van der Waals surface area (Å²) < 4.78 is 28.5. The molecule has 0 N–H and O–H groups in total. The molecule has 5 heteroatoms. The summed E-state index contributed by atoms with van der Waals surface area (Å²) in [6, 6.07) is 0. The molecule has 0 aliphatic heterocycles. The molecule has 1 atom stereocenters. The molecule has 0 saturated carbocycles. The molecule has 0 aliphatic carbocycles. The number of thioether (sulfide) groups is 1. The third kappa shape index (κ3) is 8.41. The summed E-state index contributed by atoms with van der Waals surface area (Å²) in [6.45, 7) is 3.96. The highest BCUT2D eigenvalue weighted by Crippen LogP contribution is 2.22. The lowest BCUT2D eigenvalue weighted by molar-refractivity contribution is -0.140. The van der Waals surface area contributed by atoms with Gasteiger partial charge in [-0.25, -0.2) is 8.78 Å². The number of alkyl halides is 2. The van der Waals surface area contributed by atoms with Gasteiger partial charge in [-0.1, -0.05) is 20.3 Å². The largest absolute Gasteiger partial charge is 0.468 e. The number of hydrogen-bond acceptors (Lipinski definition) is 3. The average Bonchev–Trinajstić information content (AvgIpc) is 2.26. The second kappa shape index (κ2) is 9.68. The Morgan fingerprint density at radius 3 is 2.35 bits per heavy atom. The highest BCUT2D eigenvalue weighted by atomic mass is 32.2. The molecular formula is C12H22F2O2S. The van der Waals surface area contributed by atoms with Crippen molar-refractivity contribution in [1.82, 2.24) is 0 Å². The maximum Gasteiger partial charge on any atom is 0.319 e. The Morgan fingerprint density at radius 1 is 1.24 bits per heavy atom. The minimum absolute atomic E-state index is 0.0186. The third-order valence-corrected chi connectivity index (χ3v) is 4.02. The fourth-order valence-electron chi connectivity index (χ4n) is 1.44. The van der Waals surface area contributed by atoms with Crippen molar-refractivity contribution in [2.45, 2.75) is 51.2 Å². The lowest BCUT2D eigenvalue weighted by atomic mass is 10.1. The summed E-state index contributed by atoms with van der Waals surface area (Å²) in [6.07, 6.45) is 0.0139. The molecule has 0 aliphatic rings. The first-order valence-electron chi connectivity index (χ1n) is 5.96. The number of methoxy groups -OCH3 is 1. The van der Waals surface area contributed by atoms with Gasteiger partial charge in [0.1, 0.15) is 5.25 Å². The molecule has 0 rings (SSSR count). The molecule has 0 spiro atoms. The Labute approximate surface area is 106 Å². The van der Waals surface area contributed by atoms with Gasteiger partial charge >= 0.3 is 5.97 Å². The topological polar surface area (TPSA) is 26.3 Å². The normalized spacial score (nSPS) is 13.1. The minimum Gasteiger partial charge on any atom is -0.468 e. The summed E-state index contributed by atoms with van der Waals surface area (Å²) in [4.78, 5) is 11.4. The van der Waals surface area contributed by atoms with Gasteiger partial charge < -0.3 is 4.74 Å². The van der Waals surface area contributed by atoms with Gasteiger partial charge in [0.25, 0.3) is 0 Å². The van der Waals surface area contributed by atoms with E-state index in [4.69, 9.17) is 4.74 Å². The lowest BCUT2D eigenvalue weighted by Crippen LogP contribution is -2.24. The van der Waals surface area contributed by atoms with Crippen molar-refractivity contribution in [2.24, 2.45) is 5.92 Å². The molecule has 0 fully saturated rings. The number of esters is 1. The van der Waals surface area contributed by atoms with Gasteiger partial charge in [0.05, 0.1) is 7.11 Å². The van der Waals surface area contributed by atoms with E-state index in [2.05, 4.69) is 0 Å². The van der Waals surface area contributed by atoms with Gasteiger partial charge in [0.15, 0.2) is 0 Å². The number of rotatable bonds is 9. The van der Waals surface area contributed by atoms with Gasteiger partial charge in [0, 0.05) is 6.42 Å². The first kappa shape index (κ1) is 16.7. The van der Waals surface area contributed by atoms with E-state index < -0.39 is 6.43 Å². The van der Waals surface area contributed by atoms with Crippen molar-refractivity contribution in [3.8, 4) is 0 Å². The third-order valence-electron chi connectivity index (χ3n) is 2.40. The molecule has 17 heavy (non-hydrogen) atoms. The first-order chi connectivity index (χ1) is 7.99. The van der Waals surface area contributed by atoms with Crippen molar-refractivity contribution in [3.63, 3.8) is 0 Å². The van der Waals surface area contributed by atoms with E-state index in [1.807, 2.05) is 13.8 Å². The Balaban J connectivity index is 3.65. The van der Waals surface area contributed by atoms with Gasteiger partial charge in [-0.2, -0.15) is 0 Å². The van der Waals surface area contributed by atoms with Crippen molar-refractivity contribution >= 4 is 17.7 Å². The zero-order chi connectivity index (χ0) is 13.3. The van der Waals surface area contributed by atoms with Crippen LogP contribution in [0.25, 0.3) is 0 Å². The molecule has 102 valence electrons. The quantitative estimate of drug-likeness (QED) is 0.470. The maximum atomic E-state index is 11.9. The zero-order valence-electron chi connectivity index (χ0n) is 10.7. The standard InChI is InChI=1S/C12H22F2O2S/c1-9(2)11(12(15)16-3)17-8-6-4-5-7-10(13)14/h9-11H,4-8H2,1-3H3.